The summed E-state index contributed by atoms with van der Waals surface area (Å²) >= 11 is 9.90. The van der Waals surface area contributed by atoms with E-state index in [0.717, 1.165) is 11.1 Å². The molecule has 4 aromatic rings. The van der Waals surface area contributed by atoms with Gasteiger partial charge in [-0.3, -0.25) is 0 Å². The average Bonchev–Trinajstić information content (AvgIpc) is 2.95. The van der Waals surface area contributed by atoms with Gasteiger partial charge in [0.15, 0.2) is 0 Å². The first-order valence-electron chi connectivity index (χ1n) is 14.0. The molecule has 0 fully saturated rings. The van der Waals surface area contributed by atoms with Gasteiger partial charge in [0.25, 0.3) is 0 Å². The number of rotatable bonds is 12. The molecule has 0 spiro atoms. The Balaban J connectivity index is 1.98. The SMILES string of the molecule is CCC[CH2][Sn]([CH2]CCC)([CH2]CCC)[c]1ccc2nc(-c3ccccc3)n(-c3ccc(Cl)c(Cl)c3)c(=O)c2c1. The Bertz CT molecular complexity index is 1410. The topological polar surface area (TPSA) is 34.9 Å². The van der Waals surface area contributed by atoms with Gasteiger partial charge in [0.1, 0.15) is 0 Å². The van der Waals surface area contributed by atoms with Gasteiger partial charge in [-0.2, -0.15) is 0 Å². The van der Waals surface area contributed by atoms with Crippen molar-refractivity contribution in [3.05, 3.63) is 87.1 Å². The van der Waals surface area contributed by atoms with Gasteiger partial charge in [0.05, 0.1) is 0 Å². The van der Waals surface area contributed by atoms with E-state index in [9.17, 15) is 4.79 Å². The van der Waals surface area contributed by atoms with Crippen LogP contribution < -0.4 is 9.14 Å². The van der Waals surface area contributed by atoms with E-state index in [2.05, 4.69) is 39.0 Å². The molecule has 0 saturated carbocycles. The van der Waals surface area contributed by atoms with E-state index in [4.69, 9.17) is 28.2 Å². The zero-order chi connectivity index (χ0) is 27.1. The van der Waals surface area contributed by atoms with Crippen LogP contribution in [0, 0.1) is 0 Å². The Morgan fingerprint density at radius 3 is 1.97 bits per heavy atom. The second kappa shape index (κ2) is 13.5. The first kappa shape index (κ1) is 29.2. The molecule has 4 rings (SSSR count). The number of halogens is 2. The molecule has 0 bridgehead atoms. The summed E-state index contributed by atoms with van der Waals surface area (Å²) in [5, 5.41) is 1.57. The number of unbranched alkanes of at least 4 members (excludes halogenated alkanes) is 3. The van der Waals surface area contributed by atoms with Gasteiger partial charge in [-0.25, -0.2) is 0 Å². The van der Waals surface area contributed by atoms with Crippen molar-refractivity contribution < 1.29 is 0 Å². The van der Waals surface area contributed by atoms with Crippen LogP contribution in [-0.4, -0.2) is 27.9 Å². The Morgan fingerprint density at radius 2 is 1.39 bits per heavy atom. The second-order valence-corrected chi connectivity index (χ2v) is 24.4. The summed E-state index contributed by atoms with van der Waals surface area (Å²) in [7, 11) is 0. The first-order chi connectivity index (χ1) is 18.4. The first-order valence-corrected chi connectivity index (χ1v) is 22.3. The molecule has 1 aromatic heterocycles. The van der Waals surface area contributed by atoms with E-state index >= 15 is 0 Å². The molecule has 0 saturated heterocycles. The van der Waals surface area contributed by atoms with Crippen LogP contribution >= 0.6 is 23.2 Å². The summed E-state index contributed by atoms with van der Waals surface area (Å²) in [4.78, 5) is 19.4. The van der Waals surface area contributed by atoms with Crippen molar-refractivity contribution in [3.63, 3.8) is 0 Å². The standard InChI is InChI=1S/C20H11Cl2N2O.3C4H9.Sn/c21-16-11-10-14(12-17(16)22)24-19(13-6-2-1-3-7-13)23-18-9-5-4-8-15(18)20(24)25;3*1-3-4-2;/h1-3,5-12H;3*1,3-4H2,2H3;. The maximum absolute atomic E-state index is 14.3. The van der Waals surface area contributed by atoms with Crippen LogP contribution in [0.5, 0.6) is 0 Å². The number of benzene rings is 3. The molecule has 200 valence electrons. The Kier molecular flexibility index (Phi) is 10.4. The van der Waals surface area contributed by atoms with Gasteiger partial charge in [-0.05, 0) is 0 Å². The molecule has 0 amide bonds. The predicted octanol–water partition coefficient (Wildman–Crippen LogP) is 9.42. The van der Waals surface area contributed by atoms with E-state index in [-0.39, 0.29) is 5.56 Å². The molecular formula is C32H38Cl2N2OSn. The summed E-state index contributed by atoms with van der Waals surface area (Å²) in [6, 6.07) is 21.8. The summed E-state index contributed by atoms with van der Waals surface area (Å²) in [5.41, 5.74) is 2.23. The Morgan fingerprint density at radius 1 is 0.763 bits per heavy atom. The van der Waals surface area contributed by atoms with E-state index < -0.39 is 18.4 Å². The predicted molar refractivity (Wildman–Crippen MR) is 167 cm³/mol. The van der Waals surface area contributed by atoms with Gasteiger partial charge in [0.2, 0.25) is 0 Å². The molecule has 0 aliphatic carbocycles. The minimum absolute atomic E-state index is 0.0595. The molecule has 0 atom stereocenters. The van der Waals surface area contributed by atoms with Crippen molar-refractivity contribution in [1.82, 2.24) is 9.55 Å². The fraction of sp³-hybridized carbons (Fsp3) is 0.375. The second-order valence-electron chi connectivity index (χ2n) is 10.4. The molecular weight excluding hydrogens is 618 g/mol. The summed E-state index contributed by atoms with van der Waals surface area (Å²) in [6.45, 7) is 6.88. The quantitative estimate of drug-likeness (QED) is 0.143. The zero-order valence-corrected chi connectivity index (χ0v) is 27.1. The maximum atomic E-state index is 14.3. The fourth-order valence-electron chi connectivity index (χ4n) is 5.51. The summed E-state index contributed by atoms with van der Waals surface area (Å²) in [5.74, 6) is 0.604. The Hall–Kier alpha value is -1.82. The van der Waals surface area contributed by atoms with Gasteiger partial charge < -0.3 is 0 Å². The van der Waals surface area contributed by atoms with Crippen LogP contribution in [-0.2, 0) is 0 Å². The van der Waals surface area contributed by atoms with E-state index in [1.54, 1.807) is 16.7 Å². The number of nitrogens with zero attached hydrogens (tertiary/aromatic N) is 2. The van der Waals surface area contributed by atoms with Gasteiger partial charge in [-0.1, -0.05) is 0 Å². The molecule has 0 N–H and O–H groups in total. The number of aromatic nitrogens is 2. The van der Waals surface area contributed by atoms with Crippen LogP contribution in [0.2, 0.25) is 23.4 Å². The number of hydrogen-bond donors (Lipinski definition) is 0. The van der Waals surface area contributed by atoms with Crippen molar-refractivity contribution in [2.75, 3.05) is 0 Å². The van der Waals surface area contributed by atoms with Crippen molar-refractivity contribution in [2.24, 2.45) is 0 Å². The van der Waals surface area contributed by atoms with Crippen molar-refractivity contribution in [2.45, 2.75) is 72.6 Å². The van der Waals surface area contributed by atoms with Crippen LogP contribution in [0.25, 0.3) is 28.0 Å². The monoisotopic (exact) mass is 656 g/mol. The zero-order valence-electron chi connectivity index (χ0n) is 22.8. The normalized spacial score (nSPS) is 11.8. The van der Waals surface area contributed by atoms with Crippen molar-refractivity contribution in [3.8, 4) is 17.1 Å². The Labute approximate surface area is 241 Å². The molecule has 0 aliphatic rings. The third-order valence-electron chi connectivity index (χ3n) is 7.70. The molecule has 0 aliphatic heterocycles. The molecule has 38 heavy (non-hydrogen) atoms. The van der Waals surface area contributed by atoms with Gasteiger partial charge >= 0.3 is 242 Å². The van der Waals surface area contributed by atoms with Crippen LogP contribution in [0.1, 0.15) is 59.3 Å². The van der Waals surface area contributed by atoms with E-state index in [0.29, 0.717) is 26.9 Å². The van der Waals surface area contributed by atoms with Crippen LogP contribution in [0.4, 0.5) is 0 Å². The summed E-state index contributed by atoms with van der Waals surface area (Å²) in [6.07, 6.45) is 7.49. The number of fused-ring (bicyclic) bond motifs is 1. The van der Waals surface area contributed by atoms with Crippen LogP contribution in [0.15, 0.2) is 71.5 Å². The van der Waals surface area contributed by atoms with Crippen LogP contribution in [0.3, 0.4) is 0 Å². The molecule has 0 radical (unpaired) electrons. The molecule has 1 heterocycles. The number of hydrogen-bond acceptors (Lipinski definition) is 2. The van der Waals surface area contributed by atoms with Crippen molar-refractivity contribution in [1.29, 1.82) is 0 Å². The van der Waals surface area contributed by atoms with Gasteiger partial charge in [-0.15, -0.1) is 0 Å². The molecule has 3 nitrogen and oxygen atoms in total. The van der Waals surface area contributed by atoms with Crippen molar-refractivity contribution >= 4 is 56.1 Å². The molecule has 3 aromatic carbocycles. The third-order valence-corrected chi connectivity index (χ3v) is 24.0. The average molecular weight is 656 g/mol. The van der Waals surface area contributed by atoms with Gasteiger partial charge in [0, 0.05) is 0 Å². The fourth-order valence-corrected chi connectivity index (χ4v) is 21.8. The van der Waals surface area contributed by atoms with E-state index in [1.165, 1.54) is 55.4 Å². The molecule has 0 unspecified atom stereocenters. The molecule has 6 heteroatoms. The van der Waals surface area contributed by atoms with E-state index in [1.807, 2.05) is 36.4 Å². The minimum atomic E-state index is -2.73. The summed E-state index contributed by atoms with van der Waals surface area (Å²) < 4.78 is 7.24. The third kappa shape index (κ3) is 6.32.